The van der Waals surface area contributed by atoms with Crippen LogP contribution < -0.4 is 11.0 Å². The molecule has 3 aromatic heterocycles. The summed E-state index contributed by atoms with van der Waals surface area (Å²) in [7, 11) is 0. The predicted octanol–water partition coefficient (Wildman–Crippen LogP) is 3.64. The Morgan fingerprint density at radius 1 is 1.10 bits per heavy atom. The first-order chi connectivity index (χ1) is 14.7. The average Bonchev–Trinajstić information content (AvgIpc) is 3.14. The summed E-state index contributed by atoms with van der Waals surface area (Å²) in [6.45, 7) is 3.39. The molecule has 0 bridgehead atoms. The fraction of sp³-hybridized carbons (Fsp3) is 0.143. The van der Waals surface area contributed by atoms with Crippen molar-refractivity contribution in [2.45, 2.75) is 20.3 Å². The third kappa shape index (κ3) is 3.79. The van der Waals surface area contributed by atoms with Gasteiger partial charge < -0.3 is 0 Å². The Hall–Kier alpha value is -3.95. The van der Waals surface area contributed by atoms with Gasteiger partial charge in [0.2, 0.25) is 0 Å². The minimum Gasteiger partial charge on any atom is -0.267 e. The normalized spacial score (nSPS) is 11.3. The largest absolute Gasteiger partial charge is 0.280 e. The van der Waals surface area contributed by atoms with Crippen LogP contribution in [0.25, 0.3) is 16.9 Å². The van der Waals surface area contributed by atoms with Crippen LogP contribution in [0.3, 0.4) is 0 Å². The SMILES string of the molecule is Cc1cc(C)n(NC(=O)c2cnn3c(C(F)F)cc(-c4ccc(F)cc4)nc23)c(=O)c1. The second-order valence-corrected chi connectivity index (χ2v) is 6.96. The van der Waals surface area contributed by atoms with E-state index in [9.17, 15) is 22.8 Å². The van der Waals surface area contributed by atoms with Gasteiger partial charge in [-0.1, -0.05) is 0 Å². The molecule has 0 unspecified atom stereocenters. The van der Waals surface area contributed by atoms with Crippen LogP contribution in [0, 0.1) is 19.7 Å². The number of nitrogens with one attached hydrogen (secondary N) is 1. The number of carbonyl (C=O) groups excluding carboxylic acids is 1. The number of alkyl halides is 2. The van der Waals surface area contributed by atoms with Gasteiger partial charge in [-0.3, -0.25) is 15.0 Å². The maximum Gasteiger partial charge on any atom is 0.280 e. The first-order valence-electron chi connectivity index (χ1n) is 9.19. The first kappa shape index (κ1) is 20.3. The van der Waals surface area contributed by atoms with Gasteiger partial charge in [-0.15, -0.1) is 0 Å². The van der Waals surface area contributed by atoms with Gasteiger partial charge in [-0.2, -0.15) is 5.10 Å². The molecule has 0 aliphatic heterocycles. The van der Waals surface area contributed by atoms with Crippen LogP contribution in [-0.2, 0) is 0 Å². The summed E-state index contributed by atoms with van der Waals surface area (Å²) >= 11 is 0. The molecule has 4 rings (SSSR count). The fourth-order valence-corrected chi connectivity index (χ4v) is 3.24. The van der Waals surface area contributed by atoms with E-state index in [1.165, 1.54) is 30.3 Å². The molecular formula is C21H16F3N5O2. The van der Waals surface area contributed by atoms with Crippen LogP contribution >= 0.6 is 0 Å². The van der Waals surface area contributed by atoms with Gasteiger partial charge in [0, 0.05) is 17.3 Å². The second kappa shape index (κ2) is 7.71. The van der Waals surface area contributed by atoms with Gasteiger partial charge in [0.15, 0.2) is 5.65 Å². The lowest BCUT2D eigenvalue weighted by molar-refractivity contribution is 0.101. The van der Waals surface area contributed by atoms with E-state index in [-0.39, 0.29) is 16.9 Å². The zero-order chi connectivity index (χ0) is 22.3. The number of halogens is 3. The van der Waals surface area contributed by atoms with E-state index in [1.54, 1.807) is 19.9 Å². The molecular weight excluding hydrogens is 411 g/mol. The van der Waals surface area contributed by atoms with E-state index in [1.807, 2.05) is 0 Å². The van der Waals surface area contributed by atoms with Crippen LogP contribution in [0.1, 0.15) is 33.7 Å². The summed E-state index contributed by atoms with van der Waals surface area (Å²) in [6.07, 6.45) is -1.80. The van der Waals surface area contributed by atoms with Crippen molar-refractivity contribution in [1.29, 1.82) is 0 Å². The summed E-state index contributed by atoms with van der Waals surface area (Å²) in [5.74, 6) is -1.23. The maximum absolute atomic E-state index is 13.7. The molecule has 10 heteroatoms. The number of carbonyl (C=O) groups is 1. The second-order valence-electron chi connectivity index (χ2n) is 6.96. The molecule has 0 saturated carbocycles. The Kier molecular flexibility index (Phi) is 5.05. The van der Waals surface area contributed by atoms with Gasteiger partial charge in [-0.05, 0) is 55.8 Å². The van der Waals surface area contributed by atoms with Crippen molar-refractivity contribution in [1.82, 2.24) is 19.3 Å². The van der Waals surface area contributed by atoms with Crippen LogP contribution in [0.4, 0.5) is 13.2 Å². The van der Waals surface area contributed by atoms with Gasteiger partial charge in [0.05, 0.1) is 11.9 Å². The van der Waals surface area contributed by atoms with Crippen LogP contribution in [0.15, 0.2) is 53.5 Å². The van der Waals surface area contributed by atoms with E-state index < -0.39 is 29.4 Å². The Balaban J connectivity index is 1.83. The summed E-state index contributed by atoms with van der Waals surface area (Å²) in [4.78, 5) is 29.4. The van der Waals surface area contributed by atoms with Crippen molar-refractivity contribution in [3.05, 3.63) is 87.3 Å². The number of hydrogen-bond acceptors (Lipinski definition) is 4. The van der Waals surface area contributed by atoms with Crippen LogP contribution in [-0.4, -0.2) is 25.2 Å². The van der Waals surface area contributed by atoms with Crippen LogP contribution in [0.2, 0.25) is 0 Å². The number of hydrogen-bond donors (Lipinski definition) is 1. The van der Waals surface area contributed by atoms with Gasteiger partial charge in [-0.25, -0.2) is 27.3 Å². The number of aromatic nitrogens is 4. The number of rotatable bonds is 4. The molecule has 0 aliphatic carbocycles. The molecule has 158 valence electrons. The zero-order valence-corrected chi connectivity index (χ0v) is 16.4. The summed E-state index contributed by atoms with van der Waals surface area (Å²) in [6, 6.07) is 9.35. The lowest BCUT2D eigenvalue weighted by Gasteiger charge is -2.12. The topological polar surface area (TPSA) is 81.3 Å². The molecule has 0 radical (unpaired) electrons. The smallest absolute Gasteiger partial charge is 0.267 e. The lowest BCUT2D eigenvalue weighted by atomic mass is 10.1. The van der Waals surface area contributed by atoms with Crippen molar-refractivity contribution >= 4 is 11.6 Å². The molecule has 1 amide bonds. The molecule has 0 fully saturated rings. The standard InChI is InChI=1S/C21H16F3N5O2/c1-11-7-12(2)28(18(30)8-11)27-21(31)15-10-25-29-17(19(23)24)9-16(26-20(15)29)13-3-5-14(22)6-4-13/h3-10,19H,1-2H3,(H,27,31). The highest BCUT2D eigenvalue weighted by atomic mass is 19.3. The number of amides is 1. The van der Waals surface area contributed by atoms with E-state index in [4.69, 9.17) is 0 Å². The Morgan fingerprint density at radius 2 is 1.81 bits per heavy atom. The summed E-state index contributed by atoms with van der Waals surface area (Å²) in [5.41, 5.74) is 3.04. The van der Waals surface area contributed by atoms with Gasteiger partial charge >= 0.3 is 0 Å². The molecule has 1 aromatic carbocycles. The quantitative estimate of drug-likeness (QED) is 0.539. The van der Waals surface area contributed by atoms with E-state index in [0.717, 1.165) is 27.0 Å². The van der Waals surface area contributed by atoms with Crippen molar-refractivity contribution in [2.75, 3.05) is 5.43 Å². The van der Waals surface area contributed by atoms with E-state index >= 15 is 0 Å². The average molecular weight is 427 g/mol. The number of aryl methyl sites for hydroxylation is 2. The molecule has 7 nitrogen and oxygen atoms in total. The third-order valence-electron chi connectivity index (χ3n) is 4.68. The van der Waals surface area contributed by atoms with Crippen molar-refractivity contribution < 1.29 is 18.0 Å². The molecule has 4 aromatic rings. The van der Waals surface area contributed by atoms with Crippen LogP contribution in [0.5, 0.6) is 0 Å². The molecule has 0 spiro atoms. The van der Waals surface area contributed by atoms with Crippen molar-refractivity contribution in [3.8, 4) is 11.3 Å². The first-order valence-corrected chi connectivity index (χ1v) is 9.19. The molecule has 31 heavy (non-hydrogen) atoms. The number of pyridine rings is 1. The Labute approximate surface area is 173 Å². The lowest BCUT2D eigenvalue weighted by Crippen LogP contribution is -2.34. The highest BCUT2D eigenvalue weighted by Gasteiger charge is 2.22. The zero-order valence-electron chi connectivity index (χ0n) is 16.4. The summed E-state index contributed by atoms with van der Waals surface area (Å²) in [5, 5.41) is 3.88. The highest BCUT2D eigenvalue weighted by molar-refractivity contribution is 6.04. The van der Waals surface area contributed by atoms with Gasteiger partial charge in [0.25, 0.3) is 17.9 Å². The Bertz CT molecular complexity index is 1360. The number of nitrogens with zero attached hydrogens (tertiary/aromatic N) is 4. The fourth-order valence-electron chi connectivity index (χ4n) is 3.24. The molecule has 0 atom stereocenters. The number of fused-ring (bicyclic) bond motifs is 1. The summed E-state index contributed by atoms with van der Waals surface area (Å²) < 4.78 is 42.5. The molecule has 1 N–H and O–H groups in total. The monoisotopic (exact) mass is 427 g/mol. The third-order valence-corrected chi connectivity index (χ3v) is 4.68. The van der Waals surface area contributed by atoms with E-state index in [0.29, 0.717) is 11.3 Å². The van der Waals surface area contributed by atoms with Crippen molar-refractivity contribution in [3.63, 3.8) is 0 Å². The maximum atomic E-state index is 13.7. The molecule has 0 aliphatic rings. The highest BCUT2D eigenvalue weighted by Crippen LogP contribution is 2.27. The van der Waals surface area contributed by atoms with E-state index in [2.05, 4.69) is 15.5 Å². The Morgan fingerprint density at radius 3 is 2.45 bits per heavy atom. The number of benzene rings is 1. The molecule has 3 heterocycles. The minimum absolute atomic E-state index is 0.0993. The van der Waals surface area contributed by atoms with Gasteiger partial charge in [0.1, 0.15) is 17.1 Å². The van der Waals surface area contributed by atoms with Crippen molar-refractivity contribution in [2.24, 2.45) is 0 Å². The molecule has 0 saturated heterocycles. The predicted molar refractivity (Wildman–Crippen MR) is 107 cm³/mol. The minimum atomic E-state index is -2.90.